The van der Waals surface area contributed by atoms with Gasteiger partial charge in [-0.05, 0) is 29.6 Å². The number of hydrogen-bond acceptors (Lipinski definition) is 3. The van der Waals surface area contributed by atoms with Gasteiger partial charge in [0.2, 0.25) is 0 Å². The van der Waals surface area contributed by atoms with E-state index in [2.05, 4.69) is 5.10 Å². The molecule has 0 radical (unpaired) electrons. The van der Waals surface area contributed by atoms with Crippen molar-refractivity contribution in [2.24, 2.45) is 0 Å². The van der Waals surface area contributed by atoms with Gasteiger partial charge in [0, 0.05) is 0 Å². The summed E-state index contributed by atoms with van der Waals surface area (Å²) in [5, 5.41) is 6.17. The van der Waals surface area contributed by atoms with E-state index in [1.54, 1.807) is 6.07 Å². The monoisotopic (exact) mass is 309 g/mol. The van der Waals surface area contributed by atoms with Gasteiger partial charge in [-0.3, -0.25) is 0 Å². The number of nitrogens with two attached hydrogens (primary N) is 1. The van der Waals surface area contributed by atoms with Crippen molar-refractivity contribution in [3.8, 4) is 16.3 Å². The zero-order chi connectivity index (χ0) is 15.0. The van der Waals surface area contributed by atoms with Crippen molar-refractivity contribution in [2.75, 3.05) is 5.73 Å². The molecule has 0 fully saturated rings. The molecule has 3 aromatic rings. The number of thiophene rings is 1. The van der Waals surface area contributed by atoms with Crippen LogP contribution in [0.4, 0.5) is 18.9 Å². The molecule has 0 unspecified atom stereocenters. The SMILES string of the molecule is Nc1cn(-c2cccc(C(F)(F)F)c2)nc1-c1cccs1. The molecule has 2 heterocycles. The molecule has 3 rings (SSSR count). The maximum absolute atomic E-state index is 12.7. The Morgan fingerprint density at radius 1 is 1.14 bits per heavy atom. The van der Waals surface area contributed by atoms with Crippen molar-refractivity contribution in [1.29, 1.82) is 0 Å². The quantitative estimate of drug-likeness (QED) is 0.771. The number of alkyl halides is 3. The summed E-state index contributed by atoms with van der Waals surface area (Å²) in [4.78, 5) is 0.873. The van der Waals surface area contributed by atoms with Crippen LogP contribution in [-0.4, -0.2) is 9.78 Å². The fraction of sp³-hybridized carbons (Fsp3) is 0.0714. The summed E-state index contributed by atoms with van der Waals surface area (Å²) in [6.45, 7) is 0. The first-order valence-corrected chi connectivity index (χ1v) is 6.90. The number of nitrogen functional groups attached to an aromatic ring is 1. The molecule has 2 aromatic heterocycles. The molecular formula is C14H10F3N3S. The molecule has 0 aliphatic carbocycles. The van der Waals surface area contributed by atoms with Crippen LogP contribution in [0.15, 0.2) is 48.0 Å². The van der Waals surface area contributed by atoms with E-state index in [4.69, 9.17) is 5.73 Å². The zero-order valence-electron chi connectivity index (χ0n) is 10.6. The van der Waals surface area contributed by atoms with E-state index < -0.39 is 11.7 Å². The highest BCUT2D eigenvalue weighted by atomic mass is 32.1. The van der Waals surface area contributed by atoms with E-state index in [0.29, 0.717) is 17.1 Å². The van der Waals surface area contributed by atoms with Crippen LogP contribution in [0, 0.1) is 0 Å². The average molecular weight is 309 g/mol. The Bertz CT molecular complexity index is 760. The highest BCUT2D eigenvalue weighted by molar-refractivity contribution is 7.13. The fourth-order valence-electron chi connectivity index (χ4n) is 1.95. The van der Waals surface area contributed by atoms with E-state index in [9.17, 15) is 13.2 Å². The third-order valence-electron chi connectivity index (χ3n) is 2.94. The van der Waals surface area contributed by atoms with E-state index in [1.165, 1.54) is 28.3 Å². The normalized spacial score (nSPS) is 11.8. The number of aromatic nitrogens is 2. The van der Waals surface area contributed by atoms with Crippen molar-refractivity contribution >= 4 is 17.0 Å². The Morgan fingerprint density at radius 2 is 1.95 bits per heavy atom. The second-order valence-corrected chi connectivity index (χ2v) is 5.35. The van der Waals surface area contributed by atoms with Crippen LogP contribution in [0.5, 0.6) is 0 Å². The van der Waals surface area contributed by atoms with Gasteiger partial charge in [0.15, 0.2) is 0 Å². The lowest BCUT2D eigenvalue weighted by molar-refractivity contribution is -0.137. The third kappa shape index (κ3) is 2.64. The molecule has 0 atom stereocenters. The first-order chi connectivity index (χ1) is 9.95. The van der Waals surface area contributed by atoms with Crippen LogP contribution >= 0.6 is 11.3 Å². The van der Waals surface area contributed by atoms with Crippen LogP contribution in [0.25, 0.3) is 16.3 Å². The van der Waals surface area contributed by atoms with Gasteiger partial charge in [0.05, 0.1) is 28.0 Å². The van der Waals surface area contributed by atoms with E-state index >= 15 is 0 Å². The second kappa shape index (κ2) is 4.92. The Labute approximate surface area is 122 Å². The molecule has 0 bridgehead atoms. The molecular weight excluding hydrogens is 299 g/mol. The Balaban J connectivity index is 2.04. The minimum absolute atomic E-state index is 0.319. The van der Waals surface area contributed by atoms with Crippen LogP contribution in [0.1, 0.15) is 5.56 Å². The van der Waals surface area contributed by atoms with E-state index in [-0.39, 0.29) is 0 Å². The van der Waals surface area contributed by atoms with Crippen molar-refractivity contribution in [1.82, 2.24) is 9.78 Å². The lowest BCUT2D eigenvalue weighted by Gasteiger charge is -2.08. The lowest BCUT2D eigenvalue weighted by atomic mass is 10.2. The maximum atomic E-state index is 12.7. The molecule has 3 nitrogen and oxygen atoms in total. The van der Waals surface area contributed by atoms with Crippen LogP contribution in [-0.2, 0) is 6.18 Å². The van der Waals surface area contributed by atoms with Gasteiger partial charge in [0.1, 0.15) is 5.69 Å². The van der Waals surface area contributed by atoms with Crippen LogP contribution in [0.2, 0.25) is 0 Å². The van der Waals surface area contributed by atoms with Gasteiger partial charge in [0.25, 0.3) is 0 Å². The molecule has 0 amide bonds. The molecule has 0 saturated heterocycles. The molecule has 2 N–H and O–H groups in total. The predicted molar refractivity (Wildman–Crippen MR) is 76.3 cm³/mol. The summed E-state index contributed by atoms with van der Waals surface area (Å²) in [7, 11) is 0. The van der Waals surface area contributed by atoms with Crippen molar-refractivity contribution in [3.05, 3.63) is 53.5 Å². The minimum atomic E-state index is -4.38. The van der Waals surface area contributed by atoms with Gasteiger partial charge < -0.3 is 5.73 Å². The fourth-order valence-corrected chi connectivity index (χ4v) is 2.68. The summed E-state index contributed by atoms with van der Waals surface area (Å²) < 4.78 is 39.6. The lowest BCUT2D eigenvalue weighted by Crippen LogP contribution is -2.06. The number of nitrogens with zero attached hydrogens (tertiary/aromatic N) is 2. The number of hydrogen-bond donors (Lipinski definition) is 1. The Morgan fingerprint density at radius 3 is 2.62 bits per heavy atom. The Kier molecular flexibility index (Phi) is 3.21. The van der Waals surface area contributed by atoms with Gasteiger partial charge in [-0.25, -0.2) is 4.68 Å². The number of benzene rings is 1. The highest BCUT2D eigenvalue weighted by Crippen LogP contribution is 2.32. The smallest absolute Gasteiger partial charge is 0.396 e. The number of anilines is 1. The maximum Gasteiger partial charge on any atom is 0.416 e. The second-order valence-electron chi connectivity index (χ2n) is 4.40. The predicted octanol–water partition coefficient (Wildman–Crippen LogP) is 4.20. The summed E-state index contributed by atoms with van der Waals surface area (Å²) in [5.74, 6) is 0. The van der Waals surface area contributed by atoms with Crippen molar-refractivity contribution in [3.63, 3.8) is 0 Å². The molecule has 0 saturated carbocycles. The third-order valence-corrected chi connectivity index (χ3v) is 3.81. The summed E-state index contributed by atoms with van der Waals surface area (Å²) in [6.07, 6.45) is -2.87. The topological polar surface area (TPSA) is 43.8 Å². The molecule has 108 valence electrons. The number of rotatable bonds is 2. The summed E-state index contributed by atoms with van der Waals surface area (Å²) in [6, 6.07) is 8.70. The van der Waals surface area contributed by atoms with E-state index in [1.807, 2.05) is 17.5 Å². The van der Waals surface area contributed by atoms with Gasteiger partial charge in [-0.15, -0.1) is 11.3 Å². The average Bonchev–Trinajstić information content (AvgIpc) is 3.07. The molecule has 0 aliphatic heterocycles. The first kappa shape index (κ1) is 13.7. The summed E-state index contributed by atoms with van der Waals surface area (Å²) in [5.41, 5.74) is 6.50. The summed E-state index contributed by atoms with van der Waals surface area (Å²) >= 11 is 1.47. The van der Waals surface area contributed by atoms with Gasteiger partial charge in [-0.2, -0.15) is 18.3 Å². The Hall–Kier alpha value is -2.28. The van der Waals surface area contributed by atoms with Crippen LogP contribution < -0.4 is 5.73 Å². The molecule has 1 aromatic carbocycles. The minimum Gasteiger partial charge on any atom is -0.396 e. The zero-order valence-corrected chi connectivity index (χ0v) is 11.4. The number of halogens is 3. The first-order valence-electron chi connectivity index (χ1n) is 6.02. The standard InChI is InChI=1S/C14H10F3N3S/c15-14(16,17)9-3-1-4-10(7-9)20-8-11(18)13(19-20)12-5-2-6-21-12/h1-8H,18H2. The van der Waals surface area contributed by atoms with E-state index in [0.717, 1.165) is 17.0 Å². The van der Waals surface area contributed by atoms with Crippen molar-refractivity contribution < 1.29 is 13.2 Å². The molecule has 0 spiro atoms. The highest BCUT2D eigenvalue weighted by Gasteiger charge is 2.30. The molecule has 7 heteroatoms. The van der Waals surface area contributed by atoms with Gasteiger partial charge in [-0.1, -0.05) is 12.1 Å². The molecule has 0 aliphatic rings. The van der Waals surface area contributed by atoms with Crippen LogP contribution in [0.3, 0.4) is 0 Å². The van der Waals surface area contributed by atoms with Crippen molar-refractivity contribution in [2.45, 2.75) is 6.18 Å². The largest absolute Gasteiger partial charge is 0.416 e. The van der Waals surface area contributed by atoms with Gasteiger partial charge >= 0.3 is 6.18 Å². The molecule has 21 heavy (non-hydrogen) atoms.